The summed E-state index contributed by atoms with van der Waals surface area (Å²) in [5, 5.41) is 0. The Morgan fingerprint density at radius 2 is 0.732 bits per heavy atom. The predicted molar refractivity (Wildman–Crippen MR) is 319 cm³/mol. The van der Waals surface area contributed by atoms with Gasteiger partial charge in [0.2, 0.25) is 0 Å². The molecule has 71 heavy (non-hydrogen) atoms. The van der Waals surface area contributed by atoms with Crippen molar-refractivity contribution in [3.63, 3.8) is 0 Å². The molecule has 408 valence electrons. The molecular weight excluding hydrogens is 863 g/mol. The maximum Gasteiger partial charge on any atom is 0.109 e. The Balaban J connectivity index is 0.000000857. The van der Waals surface area contributed by atoms with E-state index in [1.807, 2.05) is 13.8 Å². The van der Waals surface area contributed by atoms with Gasteiger partial charge in [-0.15, -0.1) is 0 Å². The summed E-state index contributed by atoms with van der Waals surface area (Å²) in [6.07, 6.45) is 7.10. The normalized spacial score (nSPS) is 15.1. The van der Waals surface area contributed by atoms with Crippen molar-refractivity contribution < 1.29 is 8.83 Å². The lowest BCUT2D eigenvalue weighted by molar-refractivity contribution is 0.186. The third-order valence-corrected chi connectivity index (χ3v) is 11.6. The largest absolute Gasteiger partial charge is 0.466 e. The van der Waals surface area contributed by atoms with E-state index in [0.29, 0.717) is 27.1 Å². The minimum Gasteiger partial charge on any atom is -0.466 e. The highest BCUT2D eigenvalue weighted by Crippen LogP contribution is 2.31. The van der Waals surface area contributed by atoms with Gasteiger partial charge in [0, 0.05) is 36.3 Å². The first-order valence-corrected chi connectivity index (χ1v) is 27.8. The molecule has 3 nitrogen and oxygen atoms in total. The Bertz CT molecular complexity index is 1910. The molecule has 1 aliphatic rings. The fraction of sp³-hybridized carbons (Fsp3) is 0.706. The lowest BCUT2D eigenvalue weighted by Crippen LogP contribution is -2.34. The lowest BCUT2D eigenvalue weighted by Gasteiger charge is -2.29. The van der Waals surface area contributed by atoms with Crippen LogP contribution in [0.1, 0.15) is 266 Å². The van der Waals surface area contributed by atoms with Crippen LogP contribution in [0.15, 0.2) is 81.6 Å². The van der Waals surface area contributed by atoms with Crippen molar-refractivity contribution in [2.24, 2.45) is 27.1 Å². The molecule has 0 amide bonds. The van der Waals surface area contributed by atoms with Gasteiger partial charge >= 0.3 is 0 Å². The van der Waals surface area contributed by atoms with E-state index in [1.165, 1.54) is 48.2 Å². The van der Waals surface area contributed by atoms with Crippen LogP contribution >= 0.6 is 0 Å². The van der Waals surface area contributed by atoms with Gasteiger partial charge in [0.25, 0.3) is 0 Å². The van der Waals surface area contributed by atoms with Crippen molar-refractivity contribution in [2.75, 3.05) is 13.1 Å². The standard InChI is InChI=1S/2C15H24.2C13H22O.C10H21N.C2H6/c2*1-14(2,3)11-12-8-7-9-13(10-12)15(4,5)6;2*1-12(2,3)9-10-7-8-11(14-10)13(4,5)6;1-9-6-5-7-11(9)8-10(2,3)4;1-2/h2*7-10H,11H2,1-6H3;2*7-8H,9H2,1-6H3;9H,5-8H2,1-4H3;1-2H3/t;;;;9-;/m....1./s1. The van der Waals surface area contributed by atoms with E-state index in [2.05, 4.69) is 272 Å². The van der Waals surface area contributed by atoms with Crippen molar-refractivity contribution in [3.8, 4) is 0 Å². The summed E-state index contributed by atoms with van der Waals surface area (Å²) in [5.74, 6) is 4.36. The Kier molecular flexibility index (Phi) is 26.3. The monoisotopic (exact) mass is 982 g/mol. The Labute approximate surface area is 443 Å². The molecule has 0 saturated carbocycles. The van der Waals surface area contributed by atoms with Crippen LogP contribution in [0.4, 0.5) is 0 Å². The van der Waals surface area contributed by atoms with Gasteiger partial charge in [-0.1, -0.05) is 249 Å². The highest BCUT2D eigenvalue weighted by molar-refractivity contribution is 5.30. The molecule has 2 aromatic heterocycles. The molecule has 0 unspecified atom stereocenters. The molecule has 0 bridgehead atoms. The van der Waals surface area contributed by atoms with E-state index < -0.39 is 0 Å². The van der Waals surface area contributed by atoms with Crippen molar-refractivity contribution in [3.05, 3.63) is 118 Å². The van der Waals surface area contributed by atoms with Gasteiger partial charge < -0.3 is 13.7 Å². The fourth-order valence-electron chi connectivity index (χ4n) is 8.15. The quantitative estimate of drug-likeness (QED) is 0.200. The maximum absolute atomic E-state index is 5.82. The second-order valence-corrected chi connectivity index (χ2v) is 30.9. The molecule has 4 aromatic rings. The number of nitrogens with zero attached hydrogens (tertiary/aromatic N) is 1. The SMILES string of the molecule is CC.CC(C)(C)Cc1ccc(C(C)(C)C)o1.CC(C)(C)Cc1ccc(C(C)(C)C)o1.CC(C)(C)Cc1cccc(C(C)(C)C)c1.CC(C)(C)Cc1cccc(C(C)(C)C)c1.C[C@@H]1CCCN1CC(C)(C)C. The minimum absolute atomic E-state index is 0.121. The van der Waals surface area contributed by atoms with Gasteiger partial charge in [-0.3, -0.25) is 0 Å². The summed E-state index contributed by atoms with van der Waals surface area (Å²) in [4.78, 5) is 2.61. The van der Waals surface area contributed by atoms with Gasteiger partial charge in [-0.05, 0) is 124 Å². The second-order valence-electron chi connectivity index (χ2n) is 30.9. The Morgan fingerprint density at radius 1 is 0.408 bits per heavy atom. The summed E-state index contributed by atoms with van der Waals surface area (Å²) in [6.45, 7) is 69.6. The first-order valence-electron chi connectivity index (χ1n) is 27.8. The molecule has 3 heteroatoms. The minimum atomic E-state index is 0.121. The molecule has 0 aliphatic carbocycles. The van der Waals surface area contributed by atoms with Crippen molar-refractivity contribution in [1.29, 1.82) is 0 Å². The van der Waals surface area contributed by atoms with Crippen LogP contribution in [0.5, 0.6) is 0 Å². The van der Waals surface area contributed by atoms with Gasteiger partial charge in [0.1, 0.15) is 23.0 Å². The molecule has 3 heterocycles. The summed E-state index contributed by atoms with van der Waals surface area (Å²) < 4.78 is 11.6. The molecule has 0 spiro atoms. The zero-order chi connectivity index (χ0) is 55.8. The third-order valence-electron chi connectivity index (χ3n) is 11.6. The number of benzene rings is 2. The first-order chi connectivity index (χ1) is 31.7. The van der Waals surface area contributed by atoms with Crippen LogP contribution < -0.4 is 0 Å². The number of hydrogen-bond donors (Lipinski definition) is 0. The Hall–Kier alpha value is -3.04. The van der Waals surface area contributed by atoms with Crippen molar-refractivity contribution in [1.82, 2.24) is 4.90 Å². The topological polar surface area (TPSA) is 29.5 Å². The van der Waals surface area contributed by atoms with E-state index in [9.17, 15) is 0 Å². The third kappa shape index (κ3) is 32.0. The highest BCUT2D eigenvalue weighted by atomic mass is 16.3. The molecule has 1 aliphatic heterocycles. The van der Waals surface area contributed by atoms with Crippen LogP contribution in [-0.2, 0) is 47.3 Å². The summed E-state index contributed by atoms with van der Waals surface area (Å²) in [6, 6.07) is 27.2. The molecule has 5 rings (SSSR count). The van der Waals surface area contributed by atoms with Crippen LogP contribution in [0, 0.1) is 27.1 Å². The number of furan rings is 2. The average Bonchev–Trinajstić information content (AvgIpc) is 3.92. The zero-order valence-corrected chi connectivity index (χ0v) is 52.9. The summed E-state index contributed by atoms with van der Waals surface area (Å²) in [7, 11) is 0. The van der Waals surface area contributed by atoms with Gasteiger partial charge in [-0.2, -0.15) is 0 Å². The molecule has 2 aromatic carbocycles. The number of rotatable bonds is 5. The van der Waals surface area contributed by atoms with Crippen molar-refractivity contribution >= 4 is 0 Å². The number of likely N-dealkylation sites (tertiary alicyclic amines) is 1. The first kappa shape index (κ1) is 68.0. The van der Waals surface area contributed by atoms with E-state index >= 15 is 0 Å². The zero-order valence-electron chi connectivity index (χ0n) is 52.9. The predicted octanol–water partition coefficient (Wildman–Crippen LogP) is 21.0. The van der Waals surface area contributed by atoms with Gasteiger partial charge in [0.15, 0.2) is 0 Å². The molecular formula is C68H119NO2. The summed E-state index contributed by atoms with van der Waals surface area (Å²) in [5.41, 5.74) is 8.35. The van der Waals surface area contributed by atoms with Crippen LogP contribution in [-0.4, -0.2) is 24.0 Å². The highest BCUT2D eigenvalue weighted by Gasteiger charge is 2.25. The molecule has 0 radical (unpaired) electrons. The number of hydrogen-bond acceptors (Lipinski definition) is 3. The molecule has 1 saturated heterocycles. The Morgan fingerprint density at radius 3 is 0.958 bits per heavy atom. The molecule has 1 fully saturated rings. The maximum atomic E-state index is 5.82. The smallest absolute Gasteiger partial charge is 0.109 e. The lowest BCUT2D eigenvalue weighted by atomic mass is 9.83. The van der Waals surface area contributed by atoms with Crippen LogP contribution in [0.2, 0.25) is 0 Å². The average molecular weight is 983 g/mol. The fourth-order valence-corrected chi connectivity index (χ4v) is 8.15. The van der Waals surface area contributed by atoms with Crippen molar-refractivity contribution in [2.45, 2.75) is 274 Å². The second kappa shape index (κ2) is 27.5. The van der Waals surface area contributed by atoms with E-state index in [0.717, 1.165) is 54.8 Å². The van der Waals surface area contributed by atoms with Gasteiger partial charge in [-0.25, -0.2) is 0 Å². The molecule has 0 N–H and O–H groups in total. The van der Waals surface area contributed by atoms with Crippen LogP contribution in [0.25, 0.3) is 0 Å². The van der Waals surface area contributed by atoms with E-state index in [1.54, 1.807) is 0 Å². The molecule has 1 atom stereocenters. The van der Waals surface area contributed by atoms with E-state index in [4.69, 9.17) is 8.83 Å². The van der Waals surface area contributed by atoms with Gasteiger partial charge in [0.05, 0.1) is 0 Å². The van der Waals surface area contributed by atoms with E-state index in [-0.39, 0.29) is 21.7 Å². The summed E-state index contributed by atoms with van der Waals surface area (Å²) >= 11 is 0. The van der Waals surface area contributed by atoms with Crippen LogP contribution in [0.3, 0.4) is 0 Å².